The lowest BCUT2D eigenvalue weighted by Crippen LogP contribution is -2.33. The first-order valence-corrected chi connectivity index (χ1v) is 10.6. The molecule has 0 aliphatic carbocycles. The molecule has 0 saturated carbocycles. The summed E-state index contributed by atoms with van der Waals surface area (Å²) < 4.78 is 1.98. The maximum atomic E-state index is 6.50. The summed E-state index contributed by atoms with van der Waals surface area (Å²) in [5.74, 6) is 0.618. The minimum atomic E-state index is 0.503. The highest BCUT2D eigenvalue weighted by Crippen LogP contribution is 2.39. The average molecular weight is 435 g/mol. The molecular formula is C22H22Cl3N3. The molecule has 146 valence electrons. The van der Waals surface area contributed by atoms with Gasteiger partial charge in [-0.25, -0.2) is 4.98 Å². The number of hydrogen-bond acceptors (Lipinski definition) is 2. The molecule has 0 bridgehead atoms. The molecule has 3 aromatic rings. The lowest BCUT2D eigenvalue weighted by atomic mass is 9.94. The summed E-state index contributed by atoms with van der Waals surface area (Å²) in [4.78, 5) is 7.28. The Morgan fingerprint density at radius 1 is 1.07 bits per heavy atom. The molecule has 3 heterocycles. The van der Waals surface area contributed by atoms with Gasteiger partial charge in [0.25, 0.3) is 0 Å². The fourth-order valence-electron chi connectivity index (χ4n) is 4.11. The van der Waals surface area contributed by atoms with Gasteiger partial charge in [0, 0.05) is 41.1 Å². The number of hydrogen-bond donors (Lipinski definition) is 0. The molecule has 1 saturated heterocycles. The molecule has 1 aliphatic heterocycles. The van der Waals surface area contributed by atoms with Crippen LogP contribution in [-0.2, 0) is 0 Å². The number of nitrogens with zero attached hydrogens (tertiary/aromatic N) is 3. The third kappa shape index (κ3) is 3.49. The maximum Gasteiger partial charge on any atom is 0.147 e. The molecule has 0 N–H and O–H groups in total. The standard InChI is InChI=1S/C22H22Cl3N3/c1-4-15-5-7-27(8-6-15)19-9-14(3)26-22-20(19)13(2)12-28(22)21-17(24)10-16(23)11-18(21)25/h1,9-12,15H,4-8H2,2-3H3. The van der Waals surface area contributed by atoms with Crippen molar-refractivity contribution in [3.8, 4) is 5.69 Å². The van der Waals surface area contributed by atoms with Crippen LogP contribution in [0.1, 0.15) is 30.5 Å². The molecule has 1 aliphatic rings. The van der Waals surface area contributed by atoms with E-state index in [1.54, 1.807) is 12.1 Å². The number of fused-ring (bicyclic) bond motifs is 1. The van der Waals surface area contributed by atoms with Crippen LogP contribution in [0.2, 0.25) is 15.1 Å². The topological polar surface area (TPSA) is 21.1 Å². The van der Waals surface area contributed by atoms with Gasteiger partial charge in [0.1, 0.15) is 5.65 Å². The van der Waals surface area contributed by atoms with Gasteiger partial charge in [0.2, 0.25) is 0 Å². The van der Waals surface area contributed by atoms with Crippen LogP contribution in [-0.4, -0.2) is 22.6 Å². The number of aromatic nitrogens is 2. The molecule has 0 unspecified atom stereocenters. The fourth-order valence-corrected chi connectivity index (χ4v) is 5.11. The fraction of sp³-hybridized carbons (Fsp3) is 0.364. The van der Waals surface area contributed by atoms with Crippen LogP contribution >= 0.6 is 34.8 Å². The third-order valence-corrected chi connectivity index (χ3v) is 6.36. The van der Waals surface area contributed by atoms with Crippen LogP contribution in [0.15, 0.2) is 24.4 Å². The molecule has 1 aromatic carbocycles. The van der Waals surface area contributed by atoms with Crippen molar-refractivity contribution in [2.24, 2.45) is 5.92 Å². The molecule has 0 spiro atoms. The number of aryl methyl sites for hydroxylation is 2. The van der Waals surface area contributed by atoms with Crippen molar-refractivity contribution in [2.45, 2.75) is 33.1 Å². The molecule has 3 nitrogen and oxygen atoms in total. The van der Waals surface area contributed by atoms with E-state index >= 15 is 0 Å². The normalized spacial score (nSPS) is 15.6. The Kier molecular flexibility index (Phi) is 5.52. The van der Waals surface area contributed by atoms with E-state index in [-0.39, 0.29) is 0 Å². The predicted molar refractivity (Wildman–Crippen MR) is 119 cm³/mol. The SMILES string of the molecule is [CH]CC1CCN(c2cc(C)nc3c2c(C)cn3-c2c(Cl)cc(Cl)cc2Cl)CC1. The van der Waals surface area contributed by atoms with Crippen LogP contribution in [0.5, 0.6) is 0 Å². The van der Waals surface area contributed by atoms with Crippen LogP contribution in [0.3, 0.4) is 0 Å². The summed E-state index contributed by atoms with van der Waals surface area (Å²) in [6.07, 6.45) is 5.05. The lowest BCUT2D eigenvalue weighted by Gasteiger charge is -2.34. The Morgan fingerprint density at radius 2 is 1.71 bits per heavy atom. The second-order valence-corrected chi connectivity index (χ2v) is 8.80. The highest BCUT2D eigenvalue weighted by atomic mass is 35.5. The van der Waals surface area contributed by atoms with Crippen LogP contribution in [0, 0.1) is 26.7 Å². The van der Waals surface area contributed by atoms with Crippen LogP contribution < -0.4 is 4.90 Å². The summed E-state index contributed by atoms with van der Waals surface area (Å²) in [5, 5.41) is 2.66. The van der Waals surface area contributed by atoms with Gasteiger partial charge in [-0.3, -0.25) is 4.57 Å². The number of pyridine rings is 1. The first-order chi connectivity index (χ1) is 13.4. The van der Waals surface area contributed by atoms with Gasteiger partial charge in [-0.1, -0.05) is 34.8 Å². The zero-order chi connectivity index (χ0) is 20.0. The van der Waals surface area contributed by atoms with Crippen LogP contribution in [0.4, 0.5) is 5.69 Å². The van der Waals surface area contributed by atoms with Crippen molar-refractivity contribution >= 4 is 51.5 Å². The van der Waals surface area contributed by atoms with Crippen molar-refractivity contribution in [2.75, 3.05) is 18.0 Å². The summed E-state index contributed by atoms with van der Waals surface area (Å²) in [6.45, 7) is 12.0. The Balaban J connectivity index is 1.88. The van der Waals surface area contributed by atoms with Crippen molar-refractivity contribution in [1.82, 2.24) is 9.55 Å². The van der Waals surface area contributed by atoms with E-state index in [0.717, 1.165) is 54.6 Å². The van der Waals surface area contributed by atoms with E-state index in [2.05, 4.69) is 17.9 Å². The monoisotopic (exact) mass is 433 g/mol. The Bertz CT molecular complexity index is 1010. The minimum Gasteiger partial charge on any atom is -0.371 e. The summed E-state index contributed by atoms with van der Waals surface area (Å²) in [5.41, 5.74) is 4.89. The van der Waals surface area contributed by atoms with Crippen molar-refractivity contribution < 1.29 is 0 Å². The number of rotatable bonds is 3. The molecule has 0 atom stereocenters. The predicted octanol–water partition coefficient (Wildman–Crippen LogP) is 6.92. The average Bonchev–Trinajstić information content (AvgIpc) is 2.96. The van der Waals surface area contributed by atoms with Crippen LogP contribution in [0.25, 0.3) is 16.7 Å². The molecule has 28 heavy (non-hydrogen) atoms. The second kappa shape index (κ2) is 7.78. The molecule has 1 fully saturated rings. The number of halogens is 3. The van der Waals surface area contributed by atoms with E-state index < -0.39 is 0 Å². The van der Waals surface area contributed by atoms with Crippen molar-refractivity contribution in [3.05, 3.63) is 57.6 Å². The second-order valence-electron chi connectivity index (χ2n) is 7.55. The molecule has 2 radical (unpaired) electrons. The molecule has 6 heteroatoms. The Hall–Kier alpha value is -1.42. The van der Waals surface area contributed by atoms with E-state index in [0.29, 0.717) is 26.7 Å². The summed E-state index contributed by atoms with van der Waals surface area (Å²) in [7, 11) is 0. The van der Waals surface area contributed by atoms with Crippen molar-refractivity contribution in [1.29, 1.82) is 0 Å². The van der Waals surface area contributed by atoms with Gasteiger partial charge < -0.3 is 4.90 Å². The van der Waals surface area contributed by atoms with E-state index in [1.807, 2.05) is 17.7 Å². The number of anilines is 1. The third-order valence-electron chi connectivity index (χ3n) is 5.56. The molecule has 0 amide bonds. The molecule has 2 aromatic heterocycles. The van der Waals surface area contributed by atoms with Gasteiger partial charge in [-0.05, 0) is 69.7 Å². The lowest BCUT2D eigenvalue weighted by molar-refractivity contribution is 0.409. The molecular weight excluding hydrogens is 413 g/mol. The zero-order valence-electron chi connectivity index (χ0n) is 16.0. The van der Waals surface area contributed by atoms with Crippen molar-refractivity contribution in [3.63, 3.8) is 0 Å². The Morgan fingerprint density at radius 3 is 2.32 bits per heavy atom. The number of benzene rings is 1. The highest BCUT2D eigenvalue weighted by molar-refractivity contribution is 6.40. The number of piperidine rings is 1. The van der Waals surface area contributed by atoms with Gasteiger partial charge in [0.15, 0.2) is 0 Å². The minimum absolute atomic E-state index is 0.503. The maximum absolute atomic E-state index is 6.50. The summed E-state index contributed by atoms with van der Waals surface area (Å²) in [6, 6.07) is 5.59. The largest absolute Gasteiger partial charge is 0.371 e. The molecule has 4 rings (SSSR count). The van der Waals surface area contributed by atoms with E-state index in [9.17, 15) is 0 Å². The van der Waals surface area contributed by atoms with Gasteiger partial charge in [0.05, 0.1) is 15.7 Å². The van der Waals surface area contributed by atoms with Gasteiger partial charge in [-0.2, -0.15) is 0 Å². The zero-order valence-corrected chi connectivity index (χ0v) is 18.2. The Labute approximate surface area is 181 Å². The first kappa shape index (κ1) is 19.9. The van der Waals surface area contributed by atoms with E-state index in [4.69, 9.17) is 46.7 Å². The smallest absolute Gasteiger partial charge is 0.147 e. The van der Waals surface area contributed by atoms with Gasteiger partial charge in [-0.15, -0.1) is 0 Å². The first-order valence-electron chi connectivity index (χ1n) is 9.48. The van der Waals surface area contributed by atoms with E-state index in [1.165, 1.54) is 5.69 Å². The summed E-state index contributed by atoms with van der Waals surface area (Å²) >= 11 is 19.1. The quantitative estimate of drug-likeness (QED) is 0.446. The van der Waals surface area contributed by atoms with Gasteiger partial charge >= 0.3 is 0 Å². The highest BCUT2D eigenvalue weighted by Gasteiger charge is 2.23.